The molecule has 0 N–H and O–H groups in total. The summed E-state index contributed by atoms with van der Waals surface area (Å²) in [7, 11) is -4.31. The lowest BCUT2D eigenvalue weighted by Gasteiger charge is -2.02. The highest BCUT2D eigenvalue weighted by Gasteiger charge is 2.21. The highest BCUT2D eigenvalue weighted by molar-refractivity contribution is 9.10. The fourth-order valence-electron chi connectivity index (χ4n) is 0.774. The van der Waals surface area contributed by atoms with Gasteiger partial charge in [0.25, 0.3) is 5.76 Å². The molecule has 0 heterocycles. The Labute approximate surface area is 92.1 Å². The Morgan fingerprint density at radius 1 is 1.36 bits per heavy atom. The van der Waals surface area contributed by atoms with Gasteiger partial charge < -0.3 is 0 Å². The summed E-state index contributed by atoms with van der Waals surface area (Å²) >= 11 is 3.06. The van der Waals surface area contributed by atoms with E-state index in [1.165, 1.54) is 18.2 Å². The van der Waals surface area contributed by atoms with Crippen LogP contribution >= 0.6 is 26.7 Å². The highest BCUT2D eigenvalue weighted by atomic mass is 79.9. The van der Waals surface area contributed by atoms with Crippen molar-refractivity contribution in [2.75, 3.05) is 0 Å². The van der Waals surface area contributed by atoms with E-state index in [4.69, 9.17) is 0 Å². The van der Waals surface area contributed by atoms with Gasteiger partial charge in [0, 0.05) is 15.3 Å². The Kier molecular flexibility index (Phi) is 3.91. The monoisotopic (exact) mass is 302 g/mol. The lowest BCUT2D eigenvalue weighted by molar-refractivity contribution is 0.254. The molecule has 1 aromatic rings. The number of benzene rings is 1. The maximum absolute atomic E-state index is 11.9. The van der Waals surface area contributed by atoms with Crippen LogP contribution in [0.15, 0.2) is 33.6 Å². The molecule has 14 heavy (non-hydrogen) atoms. The predicted octanol–water partition coefficient (Wildman–Crippen LogP) is 3.09. The molecule has 2 nitrogen and oxygen atoms in total. The molecule has 78 valence electrons. The van der Waals surface area contributed by atoms with Gasteiger partial charge in [-0.05, 0) is 18.2 Å². The summed E-state index contributed by atoms with van der Waals surface area (Å²) in [4.78, 5) is -0.128. The van der Waals surface area contributed by atoms with Gasteiger partial charge in [-0.15, -0.1) is 0 Å². The van der Waals surface area contributed by atoms with Crippen molar-refractivity contribution in [2.45, 2.75) is 10.7 Å². The fraction of sp³-hybridized carbons (Fsp3) is 0.143. The largest absolute Gasteiger partial charge is 0.298 e. The van der Waals surface area contributed by atoms with Gasteiger partial charge in [0.15, 0.2) is 0 Å². The maximum Gasteiger partial charge on any atom is 0.298 e. The first-order valence-electron chi connectivity index (χ1n) is 3.39. The average molecular weight is 303 g/mol. The second-order valence-electron chi connectivity index (χ2n) is 2.27. The topological polar surface area (TPSA) is 34.1 Å². The van der Waals surface area contributed by atoms with Crippen LogP contribution in [0.1, 0.15) is 0 Å². The van der Waals surface area contributed by atoms with E-state index in [0.29, 0.717) is 4.47 Å². The van der Waals surface area contributed by atoms with Crippen molar-refractivity contribution < 1.29 is 17.2 Å². The molecule has 1 rings (SSSR count). The lowest BCUT2D eigenvalue weighted by Crippen LogP contribution is -1.98. The number of hydrogen-bond acceptors (Lipinski definition) is 3. The summed E-state index contributed by atoms with van der Waals surface area (Å²) in [6, 6.07) is 5.65. The third kappa shape index (κ3) is 3.21. The molecule has 7 heteroatoms. The summed E-state index contributed by atoms with van der Waals surface area (Å²) in [6.45, 7) is 0. The van der Waals surface area contributed by atoms with Crippen LogP contribution in [0.2, 0.25) is 0 Å². The summed E-state index contributed by atoms with van der Waals surface area (Å²) < 4.78 is 46.8. The van der Waals surface area contributed by atoms with Crippen molar-refractivity contribution in [1.82, 2.24) is 0 Å². The second-order valence-corrected chi connectivity index (χ2v) is 7.01. The Morgan fingerprint density at radius 2 is 2.00 bits per heavy atom. The van der Waals surface area contributed by atoms with Gasteiger partial charge in [0.05, 0.1) is 4.90 Å². The molecule has 1 aromatic carbocycles. The molecule has 0 aliphatic rings. The molecule has 0 saturated heterocycles. The van der Waals surface area contributed by atoms with E-state index in [9.17, 15) is 17.2 Å². The first kappa shape index (κ1) is 11.9. The Morgan fingerprint density at radius 3 is 2.50 bits per heavy atom. The van der Waals surface area contributed by atoms with Crippen LogP contribution in [0.5, 0.6) is 0 Å². The molecule has 0 aromatic heterocycles. The van der Waals surface area contributed by atoms with Crippen LogP contribution in [0.25, 0.3) is 0 Å². The van der Waals surface area contributed by atoms with E-state index in [1.807, 2.05) is 0 Å². The third-order valence-corrected chi connectivity index (χ3v) is 4.78. The minimum Gasteiger partial charge on any atom is -0.212 e. The van der Waals surface area contributed by atoms with Crippen LogP contribution < -0.4 is 0 Å². The van der Waals surface area contributed by atoms with Crippen LogP contribution in [-0.4, -0.2) is 14.2 Å². The number of halogens is 3. The van der Waals surface area contributed by atoms with Gasteiger partial charge in [-0.2, -0.15) is 8.78 Å². The Bertz CT molecular complexity index is 419. The molecule has 0 aliphatic carbocycles. The zero-order chi connectivity index (χ0) is 10.8. The predicted molar refractivity (Wildman–Crippen MR) is 54.9 cm³/mol. The molecule has 0 radical (unpaired) electrons. The Hall–Kier alpha value is -0.140. The molecule has 0 unspecified atom stereocenters. The van der Waals surface area contributed by atoms with Crippen LogP contribution in [-0.2, 0) is 8.87 Å². The van der Waals surface area contributed by atoms with E-state index >= 15 is 0 Å². The normalized spacial score (nSPS) is 12.0. The standard InChI is InChI=1S/C7H5BrF2O2S2/c8-5-2-1-3-6(4-5)14(11,12)13-7(9)10/h1-4,7H. The molecule has 0 bridgehead atoms. The van der Waals surface area contributed by atoms with Gasteiger partial charge in [-0.3, -0.25) is 0 Å². The quantitative estimate of drug-likeness (QED) is 0.805. The van der Waals surface area contributed by atoms with Crippen molar-refractivity contribution in [3.8, 4) is 0 Å². The fourth-order valence-corrected chi connectivity index (χ4v) is 3.36. The number of rotatable bonds is 3. The lowest BCUT2D eigenvalue weighted by atomic mass is 10.4. The van der Waals surface area contributed by atoms with E-state index < -0.39 is 14.6 Å². The van der Waals surface area contributed by atoms with Crippen molar-refractivity contribution in [1.29, 1.82) is 0 Å². The first-order valence-corrected chi connectivity index (χ1v) is 7.06. The van der Waals surface area contributed by atoms with Crippen LogP contribution in [0, 0.1) is 0 Å². The van der Waals surface area contributed by atoms with Crippen molar-refractivity contribution in [2.24, 2.45) is 0 Å². The number of hydrogen-bond donors (Lipinski definition) is 0. The number of alkyl halides is 2. The summed E-state index contributed by atoms with van der Waals surface area (Å²) in [5, 5.41) is 0. The zero-order valence-corrected chi connectivity index (χ0v) is 9.87. The van der Waals surface area contributed by atoms with Crippen LogP contribution in [0.4, 0.5) is 8.78 Å². The minimum atomic E-state index is -3.95. The molecule has 0 amide bonds. The molecular formula is C7H5BrF2O2S2. The molecule has 0 aliphatic heterocycles. The molecule has 0 atom stereocenters. The molecule has 0 spiro atoms. The zero-order valence-electron chi connectivity index (χ0n) is 6.65. The smallest absolute Gasteiger partial charge is 0.212 e. The van der Waals surface area contributed by atoms with Gasteiger partial charge in [0.2, 0.25) is 8.87 Å². The van der Waals surface area contributed by atoms with Crippen molar-refractivity contribution in [3.63, 3.8) is 0 Å². The van der Waals surface area contributed by atoms with E-state index in [0.717, 1.165) is 0 Å². The van der Waals surface area contributed by atoms with E-state index in [-0.39, 0.29) is 15.7 Å². The third-order valence-electron chi connectivity index (χ3n) is 1.28. The van der Waals surface area contributed by atoms with Gasteiger partial charge in [0.1, 0.15) is 0 Å². The first-order chi connectivity index (χ1) is 6.42. The Balaban J connectivity index is 3.05. The van der Waals surface area contributed by atoms with Crippen molar-refractivity contribution in [3.05, 3.63) is 28.7 Å². The SMILES string of the molecule is O=S(=O)(SC(F)F)c1cccc(Br)c1. The van der Waals surface area contributed by atoms with Gasteiger partial charge >= 0.3 is 0 Å². The molecular weight excluding hydrogens is 298 g/mol. The molecule has 0 saturated carbocycles. The van der Waals surface area contributed by atoms with Gasteiger partial charge in [-0.1, -0.05) is 22.0 Å². The summed E-state index contributed by atoms with van der Waals surface area (Å²) in [6.07, 6.45) is 0. The maximum atomic E-state index is 11.9. The second kappa shape index (κ2) is 4.59. The highest BCUT2D eigenvalue weighted by Crippen LogP contribution is 2.29. The summed E-state index contributed by atoms with van der Waals surface area (Å²) in [5.74, 6) is -2.93. The van der Waals surface area contributed by atoms with Crippen LogP contribution in [0.3, 0.4) is 0 Å². The van der Waals surface area contributed by atoms with E-state index in [1.54, 1.807) is 6.07 Å². The summed E-state index contributed by atoms with van der Waals surface area (Å²) in [5.41, 5.74) is 0. The van der Waals surface area contributed by atoms with E-state index in [2.05, 4.69) is 15.9 Å². The van der Waals surface area contributed by atoms with Gasteiger partial charge in [-0.25, -0.2) is 8.42 Å². The molecule has 0 fully saturated rings. The average Bonchev–Trinajstić information content (AvgIpc) is 2.01. The van der Waals surface area contributed by atoms with Crippen molar-refractivity contribution >= 4 is 35.6 Å². The minimum absolute atomic E-state index is 0.128.